The van der Waals surface area contributed by atoms with Crippen molar-refractivity contribution in [1.82, 2.24) is 10.2 Å². The van der Waals surface area contributed by atoms with Gasteiger partial charge in [-0.2, -0.15) is 0 Å². The smallest absolute Gasteiger partial charge is 0.264 e. The zero-order valence-corrected chi connectivity index (χ0v) is 25.8. The van der Waals surface area contributed by atoms with Crippen molar-refractivity contribution in [3.63, 3.8) is 0 Å². The van der Waals surface area contributed by atoms with Crippen molar-refractivity contribution in [3.05, 3.63) is 88.4 Å². The molecule has 1 N–H and O–H groups in total. The molecule has 0 radical (unpaired) electrons. The summed E-state index contributed by atoms with van der Waals surface area (Å²) in [5.41, 5.74) is 0.916. The maximum absolute atomic E-state index is 14.1. The molecule has 220 valence electrons. The van der Waals surface area contributed by atoms with Crippen LogP contribution in [0.15, 0.2) is 77.7 Å². The molecule has 0 bridgehead atoms. The number of carbonyl (C=O) groups excluding carboxylic acids is 2. The predicted molar refractivity (Wildman–Crippen MR) is 163 cm³/mol. The summed E-state index contributed by atoms with van der Waals surface area (Å²) in [5.74, 6) is -0.141. The Hall–Kier alpha value is -3.27. The van der Waals surface area contributed by atoms with Crippen molar-refractivity contribution >= 4 is 50.7 Å². The van der Waals surface area contributed by atoms with Gasteiger partial charge in [-0.25, -0.2) is 8.42 Å². The van der Waals surface area contributed by atoms with Crippen LogP contribution in [0.5, 0.6) is 5.75 Å². The maximum Gasteiger partial charge on any atom is 0.264 e. The molecule has 2 amide bonds. The Morgan fingerprint density at radius 1 is 0.951 bits per heavy atom. The summed E-state index contributed by atoms with van der Waals surface area (Å²) in [5, 5.41) is 3.56. The highest BCUT2D eigenvalue weighted by atomic mass is 35.5. The van der Waals surface area contributed by atoms with Gasteiger partial charge in [-0.1, -0.05) is 68.2 Å². The number of nitrogens with zero attached hydrogens (tertiary/aromatic N) is 2. The summed E-state index contributed by atoms with van der Waals surface area (Å²) in [6.07, 6.45) is 0.310. The number of sulfonamides is 1. The van der Waals surface area contributed by atoms with Gasteiger partial charge in [0.25, 0.3) is 10.0 Å². The molecule has 0 aliphatic carbocycles. The van der Waals surface area contributed by atoms with Crippen LogP contribution in [0.1, 0.15) is 32.8 Å². The summed E-state index contributed by atoms with van der Waals surface area (Å²) in [6.45, 7) is 5.66. The van der Waals surface area contributed by atoms with Crippen LogP contribution in [0.3, 0.4) is 0 Å². The Morgan fingerprint density at radius 3 is 2.17 bits per heavy atom. The molecule has 3 aromatic carbocycles. The summed E-state index contributed by atoms with van der Waals surface area (Å²) in [6, 6.07) is 18.4. The molecular weight excluding hydrogens is 585 g/mol. The summed E-state index contributed by atoms with van der Waals surface area (Å²) < 4.78 is 34.0. The van der Waals surface area contributed by atoms with E-state index in [0.717, 1.165) is 4.31 Å². The molecule has 0 saturated carbocycles. The van der Waals surface area contributed by atoms with Gasteiger partial charge in [-0.15, -0.1) is 0 Å². The van der Waals surface area contributed by atoms with Gasteiger partial charge in [0.15, 0.2) is 0 Å². The first-order valence-corrected chi connectivity index (χ1v) is 15.4. The number of amides is 2. The van der Waals surface area contributed by atoms with E-state index in [1.54, 1.807) is 67.6 Å². The van der Waals surface area contributed by atoms with Crippen molar-refractivity contribution in [2.45, 2.75) is 44.7 Å². The molecule has 3 aromatic rings. The zero-order chi connectivity index (χ0) is 30.2. The van der Waals surface area contributed by atoms with Gasteiger partial charge in [0.05, 0.1) is 27.7 Å². The molecule has 41 heavy (non-hydrogen) atoms. The normalized spacial score (nSPS) is 12.1. The first-order chi connectivity index (χ1) is 19.5. The van der Waals surface area contributed by atoms with E-state index in [9.17, 15) is 18.0 Å². The van der Waals surface area contributed by atoms with Gasteiger partial charge in [0, 0.05) is 13.1 Å². The first-order valence-electron chi connectivity index (χ1n) is 13.2. The summed E-state index contributed by atoms with van der Waals surface area (Å²) >= 11 is 12.3. The number of rotatable bonds is 13. The largest absolute Gasteiger partial charge is 0.497 e. The molecule has 0 saturated heterocycles. The SMILES string of the molecule is CC[C@@H](C(=O)NCC(C)C)N(Cc1ccc(Cl)c(Cl)c1)C(=O)CN(c1ccc(OC)cc1)S(=O)(=O)c1ccccc1. The number of hydrogen-bond donors (Lipinski definition) is 1. The third kappa shape index (κ3) is 8.38. The third-order valence-corrected chi connectivity index (χ3v) is 8.90. The molecule has 0 heterocycles. The number of nitrogens with one attached hydrogen (secondary N) is 1. The molecule has 8 nitrogen and oxygen atoms in total. The van der Waals surface area contributed by atoms with Crippen molar-refractivity contribution in [2.75, 3.05) is 24.5 Å². The van der Waals surface area contributed by atoms with Gasteiger partial charge in [-0.05, 0) is 66.4 Å². The number of benzene rings is 3. The van der Waals surface area contributed by atoms with Crippen LogP contribution in [0, 0.1) is 5.92 Å². The van der Waals surface area contributed by atoms with E-state index in [2.05, 4.69) is 5.32 Å². The maximum atomic E-state index is 14.1. The lowest BCUT2D eigenvalue weighted by Crippen LogP contribution is -2.52. The van der Waals surface area contributed by atoms with Gasteiger partial charge in [0.1, 0.15) is 18.3 Å². The van der Waals surface area contributed by atoms with E-state index in [1.165, 1.54) is 24.1 Å². The Morgan fingerprint density at radius 2 is 1.61 bits per heavy atom. The Balaban J connectivity index is 2.05. The van der Waals surface area contributed by atoms with Crippen molar-refractivity contribution < 1.29 is 22.7 Å². The van der Waals surface area contributed by atoms with Crippen LogP contribution < -0.4 is 14.4 Å². The van der Waals surface area contributed by atoms with Crippen LogP contribution in [-0.2, 0) is 26.2 Å². The van der Waals surface area contributed by atoms with Crippen LogP contribution in [-0.4, -0.2) is 51.4 Å². The number of halogens is 2. The van der Waals surface area contributed by atoms with Crippen LogP contribution in [0.25, 0.3) is 0 Å². The van der Waals surface area contributed by atoms with Gasteiger partial charge < -0.3 is 15.0 Å². The Kier molecular flexibility index (Phi) is 11.5. The molecule has 0 aliphatic rings. The fourth-order valence-electron chi connectivity index (χ4n) is 4.17. The van der Waals surface area contributed by atoms with Gasteiger partial charge in [-0.3, -0.25) is 13.9 Å². The quantitative estimate of drug-likeness (QED) is 0.262. The van der Waals surface area contributed by atoms with Crippen molar-refractivity contribution in [2.24, 2.45) is 5.92 Å². The Labute approximate surface area is 252 Å². The van der Waals surface area contributed by atoms with E-state index in [4.69, 9.17) is 27.9 Å². The highest BCUT2D eigenvalue weighted by Gasteiger charge is 2.33. The first kappa shape index (κ1) is 32.2. The molecule has 0 aromatic heterocycles. The van der Waals surface area contributed by atoms with Crippen LogP contribution in [0.2, 0.25) is 10.0 Å². The highest BCUT2D eigenvalue weighted by Crippen LogP contribution is 2.28. The van der Waals surface area contributed by atoms with E-state index in [1.807, 2.05) is 13.8 Å². The lowest BCUT2D eigenvalue weighted by atomic mass is 10.1. The topological polar surface area (TPSA) is 96.0 Å². The molecule has 3 rings (SSSR count). The summed E-state index contributed by atoms with van der Waals surface area (Å²) in [7, 11) is -2.65. The lowest BCUT2D eigenvalue weighted by molar-refractivity contribution is -0.140. The fourth-order valence-corrected chi connectivity index (χ4v) is 5.93. The fraction of sp³-hybridized carbons (Fsp3) is 0.333. The highest BCUT2D eigenvalue weighted by molar-refractivity contribution is 7.92. The predicted octanol–water partition coefficient (Wildman–Crippen LogP) is 5.78. The minimum Gasteiger partial charge on any atom is -0.497 e. The van der Waals surface area contributed by atoms with Crippen molar-refractivity contribution in [1.29, 1.82) is 0 Å². The minimum atomic E-state index is -4.16. The van der Waals surface area contributed by atoms with E-state index >= 15 is 0 Å². The molecule has 11 heteroatoms. The van der Waals surface area contributed by atoms with Crippen LogP contribution >= 0.6 is 23.2 Å². The van der Waals surface area contributed by atoms with Crippen molar-refractivity contribution in [3.8, 4) is 5.75 Å². The van der Waals surface area contributed by atoms with E-state index < -0.39 is 28.5 Å². The molecule has 1 atom stereocenters. The number of methoxy groups -OCH3 is 1. The van der Waals surface area contributed by atoms with Gasteiger partial charge in [0.2, 0.25) is 11.8 Å². The monoisotopic (exact) mass is 619 g/mol. The zero-order valence-electron chi connectivity index (χ0n) is 23.5. The van der Waals surface area contributed by atoms with E-state index in [-0.39, 0.29) is 29.0 Å². The Bertz CT molecular complexity index is 1430. The molecule has 0 unspecified atom stereocenters. The average Bonchev–Trinajstić information content (AvgIpc) is 2.96. The average molecular weight is 621 g/mol. The second-order valence-corrected chi connectivity index (χ2v) is 12.5. The minimum absolute atomic E-state index is 0.0190. The van der Waals surface area contributed by atoms with Gasteiger partial charge >= 0.3 is 0 Å². The number of anilines is 1. The molecule has 0 fully saturated rings. The molecular formula is C30H35Cl2N3O5S. The number of hydrogen-bond acceptors (Lipinski definition) is 5. The van der Waals surface area contributed by atoms with E-state index in [0.29, 0.717) is 34.3 Å². The molecule has 0 aliphatic heterocycles. The van der Waals surface area contributed by atoms with Crippen LogP contribution in [0.4, 0.5) is 5.69 Å². The molecule has 0 spiro atoms. The summed E-state index contributed by atoms with van der Waals surface area (Å²) in [4.78, 5) is 28.8. The standard InChI is InChI=1S/C30H35Cl2N3O5S/c1-5-28(30(37)33-18-21(2)3)34(19-22-11-16-26(31)27(32)17-22)29(36)20-35(23-12-14-24(40-4)15-13-23)41(38,39)25-9-7-6-8-10-25/h6-17,21,28H,5,18-20H2,1-4H3,(H,33,37)/t28-/m0/s1. The second-order valence-electron chi connectivity index (χ2n) is 9.86. The lowest BCUT2D eigenvalue weighted by Gasteiger charge is -2.33. The number of ether oxygens (including phenoxy) is 1. The second kappa shape index (κ2) is 14.6. The third-order valence-electron chi connectivity index (χ3n) is 6.38. The number of carbonyl (C=O) groups is 2.